The lowest BCUT2D eigenvalue weighted by molar-refractivity contribution is 0.320. The third-order valence-electron chi connectivity index (χ3n) is 2.90. The van der Waals surface area contributed by atoms with Gasteiger partial charge in [0.1, 0.15) is 0 Å². The van der Waals surface area contributed by atoms with Crippen molar-refractivity contribution < 1.29 is 13.0 Å². The van der Waals surface area contributed by atoms with Gasteiger partial charge in [-0.25, -0.2) is 0 Å². The van der Waals surface area contributed by atoms with Crippen LogP contribution in [0.4, 0.5) is 0 Å². The molecular formula is C10H19NO3S. The number of hydrogen-bond acceptors (Lipinski definition) is 3. The summed E-state index contributed by atoms with van der Waals surface area (Å²) in [4.78, 5) is 0. The Kier molecular flexibility index (Phi) is 3.16. The summed E-state index contributed by atoms with van der Waals surface area (Å²) in [5, 5.41) is 3.32. The first kappa shape index (κ1) is 12.5. The van der Waals surface area contributed by atoms with Gasteiger partial charge in [-0.05, 0) is 40.0 Å². The van der Waals surface area contributed by atoms with Gasteiger partial charge in [-0.1, -0.05) is 5.57 Å². The van der Waals surface area contributed by atoms with Crippen molar-refractivity contribution in [1.29, 1.82) is 0 Å². The van der Waals surface area contributed by atoms with E-state index in [0.29, 0.717) is 0 Å². The Morgan fingerprint density at radius 3 is 2.47 bits per heavy atom. The molecule has 1 aliphatic rings. The molecule has 0 aromatic heterocycles. The van der Waals surface area contributed by atoms with E-state index < -0.39 is 10.1 Å². The zero-order valence-electron chi connectivity index (χ0n) is 9.66. The molecule has 5 heteroatoms. The molecule has 0 radical (unpaired) electrons. The fourth-order valence-corrected chi connectivity index (χ4v) is 3.05. The molecule has 4 nitrogen and oxygen atoms in total. The second-order valence-corrected chi connectivity index (χ2v) is 6.46. The Hall–Kier alpha value is -0.550. The minimum atomic E-state index is -3.89. The van der Waals surface area contributed by atoms with Gasteiger partial charge in [-0.2, -0.15) is 8.42 Å². The van der Waals surface area contributed by atoms with Crippen molar-refractivity contribution >= 4 is 10.1 Å². The Bertz CT molecular complexity index is 381. The number of hydrogen-bond donors (Lipinski definition) is 2. The third-order valence-corrected chi connectivity index (χ3v) is 3.72. The lowest BCUT2D eigenvalue weighted by atomic mass is 9.82. The highest BCUT2D eigenvalue weighted by molar-refractivity contribution is 7.85. The van der Waals surface area contributed by atoms with E-state index in [2.05, 4.69) is 5.32 Å². The molecule has 1 unspecified atom stereocenters. The summed E-state index contributed by atoms with van der Waals surface area (Å²) in [7, 11) is -3.89. The molecule has 0 saturated heterocycles. The summed E-state index contributed by atoms with van der Waals surface area (Å²) in [6, 6.07) is 0. The van der Waals surface area contributed by atoms with Crippen molar-refractivity contribution in [2.24, 2.45) is 5.92 Å². The molecule has 0 spiro atoms. The quantitative estimate of drug-likeness (QED) is 0.710. The van der Waals surface area contributed by atoms with Crippen LogP contribution in [0, 0.1) is 5.92 Å². The highest BCUT2D eigenvalue weighted by atomic mass is 32.2. The molecule has 0 aromatic carbocycles. The minimum absolute atomic E-state index is 0.0868. The molecule has 0 bridgehead atoms. The highest BCUT2D eigenvalue weighted by Crippen LogP contribution is 2.31. The molecule has 1 aliphatic heterocycles. The standard InChI is InChI=1S/C10H19NO3S/c1-7-8(2)11-10(3,4)5-9(7)6-15(12,13)14/h9,11H,5-6H2,1-4H3,(H,12,13,14). The molecule has 1 atom stereocenters. The average molecular weight is 233 g/mol. The second-order valence-electron chi connectivity index (χ2n) is 4.97. The van der Waals surface area contributed by atoms with E-state index in [4.69, 9.17) is 4.55 Å². The van der Waals surface area contributed by atoms with Crippen LogP contribution in [0.1, 0.15) is 34.1 Å². The summed E-state index contributed by atoms with van der Waals surface area (Å²) >= 11 is 0. The van der Waals surface area contributed by atoms with Crippen LogP contribution in [0.15, 0.2) is 11.3 Å². The van der Waals surface area contributed by atoms with Gasteiger partial charge in [0.05, 0.1) is 5.75 Å². The highest BCUT2D eigenvalue weighted by Gasteiger charge is 2.32. The van der Waals surface area contributed by atoms with E-state index in [1.165, 1.54) is 0 Å². The Labute approximate surface area is 91.5 Å². The summed E-state index contributed by atoms with van der Waals surface area (Å²) < 4.78 is 30.6. The van der Waals surface area contributed by atoms with E-state index in [0.717, 1.165) is 17.7 Å². The molecule has 2 N–H and O–H groups in total. The summed E-state index contributed by atoms with van der Waals surface area (Å²) in [5.41, 5.74) is 1.92. The molecule has 1 rings (SSSR count). The zero-order chi connectivity index (χ0) is 11.9. The summed E-state index contributed by atoms with van der Waals surface area (Å²) in [6.07, 6.45) is 0.718. The lowest BCUT2D eigenvalue weighted by Gasteiger charge is -2.38. The van der Waals surface area contributed by atoms with Crippen molar-refractivity contribution in [3.63, 3.8) is 0 Å². The third kappa shape index (κ3) is 3.50. The fourth-order valence-electron chi connectivity index (χ4n) is 2.17. The minimum Gasteiger partial charge on any atom is -0.384 e. The van der Waals surface area contributed by atoms with Gasteiger partial charge < -0.3 is 5.32 Å². The van der Waals surface area contributed by atoms with Gasteiger partial charge >= 0.3 is 0 Å². The van der Waals surface area contributed by atoms with Gasteiger partial charge in [0.25, 0.3) is 10.1 Å². The number of nitrogens with one attached hydrogen (secondary N) is 1. The maximum atomic E-state index is 10.9. The van der Waals surface area contributed by atoms with Crippen molar-refractivity contribution in [2.45, 2.75) is 39.7 Å². The molecular weight excluding hydrogens is 214 g/mol. The number of allylic oxidation sites excluding steroid dienone is 2. The van der Waals surface area contributed by atoms with Crippen LogP contribution in [0.2, 0.25) is 0 Å². The second kappa shape index (κ2) is 3.79. The molecule has 0 fully saturated rings. The van der Waals surface area contributed by atoms with Crippen LogP contribution < -0.4 is 5.32 Å². The molecule has 0 aliphatic carbocycles. The first-order valence-corrected chi connectivity index (χ1v) is 6.62. The van der Waals surface area contributed by atoms with Crippen molar-refractivity contribution in [3.8, 4) is 0 Å². The molecule has 0 aromatic rings. The van der Waals surface area contributed by atoms with Crippen LogP contribution in [0.5, 0.6) is 0 Å². The first-order valence-electron chi connectivity index (χ1n) is 5.01. The number of rotatable bonds is 2. The van der Waals surface area contributed by atoms with Crippen LogP contribution in [0.25, 0.3) is 0 Å². The maximum absolute atomic E-state index is 10.9. The van der Waals surface area contributed by atoms with Gasteiger partial charge in [0.15, 0.2) is 0 Å². The molecule has 15 heavy (non-hydrogen) atoms. The zero-order valence-corrected chi connectivity index (χ0v) is 10.5. The fraction of sp³-hybridized carbons (Fsp3) is 0.800. The Morgan fingerprint density at radius 2 is 2.00 bits per heavy atom. The topological polar surface area (TPSA) is 66.4 Å². The van der Waals surface area contributed by atoms with Crippen LogP contribution in [0.3, 0.4) is 0 Å². The summed E-state index contributed by atoms with van der Waals surface area (Å²) in [6.45, 7) is 7.90. The first-order chi connectivity index (χ1) is 6.61. The van der Waals surface area contributed by atoms with E-state index in [1.807, 2.05) is 27.7 Å². The van der Waals surface area contributed by atoms with Crippen molar-refractivity contribution in [1.82, 2.24) is 5.32 Å². The van der Waals surface area contributed by atoms with Crippen LogP contribution >= 0.6 is 0 Å². The van der Waals surface area contributed by atoms with E-state index in [1.54, 1.807) is 0 Å². The maximum Gasteiger partial charge on any atom is 0.265 e. The molecule has 1 heterocycles. The smallest absolute Gasteiger partial charge is 0.265 e. The SMILES string of the molecule is CC1=C(C)C(CS(=O)(=O)O)CC(C)(C)N1. The molecule has 0 amide bonds. The van der Waals surface area contributed by atoms with Crippen LogP contribution in [-0.4, -0.2) is 24.3 Å². The monoisotopic (exact) mass is 233 g/mol. The van der Waals surface area contributed by atoms with Gasteiger partial charge in [-0.15, -0.1) is 0 Å². The Morgan fingerprint density at radius 1 is 1.47 bits per heavy atom. The lowest BCUT2D eigenvalue weighted by Crippen LogP contribution is -2.45. The van der Waals surface area contributed by atoms with Gasteiger partial charge in [0.2, 0.25) is 0 Å². The summed E-state index contributed by atoms with van der Waals surface area (Å²) in [5.74, 6) is -0.266. The molecule has 0 saturated carbocycles. The van der Waals surface area contributed by atoms with Gasteiger partial charge in [-0.3, -0.25) is 4.55 Å². The van der Waals surface area contributed by atoms with E-state index in [-0.39, 0.29) is 17.2 Å². The predicted octanol–water partition coefficient (Wildman–Crippen LogP) is 1.56. The normalized spacial score (nSPS) is 26.3. The van der Waals surface area contributed by atoms with Gasteiger partial charge in [0, 0.05) is 11.2 Å². The van der Waals surface area contributed by atoms with E-state index in [9.17, 15) is 8.42 Å². The van der Waals surface area contributed by atoms with E-state index >= 15 is 0 Å². The Balaban J connectivity index is 2.94. The predicted molar refractivity (Wildman–Crippen MR) is 60.1 cm³/mol. The van der Waals surface area contributed by atoms with Crippen molar-refractivity contribution in [2.75, 3.05) is 5.75 Å². The van der Waals surface area contributed by atoms with Crippen molar-refractivity contribution in [3.05, 3.63) is 11.3 Å². The largest absolute Gasteiger partial charge is 0.384 e. The average Bonchev–Trinajstić information content (AvgIpc) is 1.95. The van der Waals surface area contributed by atoms with Crippen LogP contribution in [-0.2, 0) is 10.1 Å². The molecule has 88 valence electrons.